The summed E-state index contributed by atoms with van der Waals surface area (Å²) < 4.78 is 13.2. The van der Waals surface area contributed by atoms with Gasteiger partial charge in [-0.05, 0) is 30.3 Å². The number of carbonyl (C=O) groups is 1. The molecule has 0 radical (unpaired) electrons. The van der Waals surface area contributed by atoms with Gasteiger partial charge in [0.2, 0.25) is 0 Å². The predicted molar refractivity (Wildman–Crippen MR) is 92.0 cm³/mol. The number of likely N-dealkylation sites (N-methyl/N-ethyl adjacent to an activating group) is 1. The molecule has 1 aliphatic rings. The largest absolute Gasteiger partial charge is 0.293 e. The molecule has 0 saturated heterocycles. The van der Waals surface area contributed by atoms with E-state index in [0.717, 1.165) is 23.3 Å². The molecule has 2 aromatic carbocycles. The van der Waals surface area contributed by atoms with Gasteiger partial charge in [0.15, 0.2) is 0 Å². The minimum atomic E-state index is -0.260. The maximum absolute atomic E-state index is 13.2. The number of hydrogen-bond acceptors (Lipinski definition) is 3. The Morgan fingerprint density at radius 1 is 1.21 bits per heavy atom. The molecule has 0 unspecified atom stereocenters. The van der Waals surface area contributed by atoms with E-state index in [1.807, 2.05) is 48.3 Å². The molecule has 1 heterocycles. The number of carbonyl (C=O) groups excluding carboxylic acids is 1. The van der Waals surface area contributed by atoms with Crippen molar-refractivity contribution >= 4 is 11.6 Å². The monoisotopic (exact) mass is 325 g/mol. The first-order valence-electron chi connectivity index (χ1n) is 7.98. The molecule has 0 aliphatic carbocycles. The quantitative estimate of drug-likeness (QED) is 0.847. The summed E-state index contributed by atoms with van der Waals surface area (Å²) in [6.07, 6.45) is 0.767. The highest BCUT2D eigenvalue weighted by molar-refractivity contribution is 6.02. The molecule has 3 rings (SSSR count). The van der Waals surface area contributed by atoms with Crippen molar-refractivity contribution in [1.29, 1.82) is 0 Å². The molecule has 0 spiro atoms. The van der Waals surface area contributed by atoms with Crippen molar-refractivity contribution in [3.8, 4) is 0 Å². The van der Waals surface area contributed by atoms with Gasteiger partial charge in [-0.3, -0.25) is 9.69 Å². The summed E-state index contributed by atoms with van der Waals surface area (Å²) in [5.74, 6) is -0.302. The Labute approximate surface area is 141 Å². The summed E-state index contributed by atoms with van der Waals surface area (Å²) in [6, 6.07) is 16.3. The van der Waals surface area contributed by atoms with E-state index in [1.165, 1.54) is 17.1 Å². The van der Waals surface area contributed by atoms with E-state index in [-0.39, 0.29) is 18.3 Å². The Kier molecular flexibility index (Phi) is 5.01. The summed E-state index contributed by atoms with van der Waals surface area (Å²) in [7, 11) is 1.85. The summed E-state index contributed by atoms with van der Waals surface area (Å²) in [4.78, 5) is 14.3. The minimum absolute atomic E-state index is 0.0418. The van der Waals surface area contributed by atoms with E-state index >= 15 is 0 Å². The Bertz CT molecular complexity index is 745. The Morgan fingerprint density at radius 2 is 2.00 bits per heavy atom. The van der Waals surface area contributed by atoms with Gasteiger partial charge in [0, 0.05) is 13.0 Å². The van der Waals surface area contributed by atoms with Crippen LogP contribution in [0.15, 0.2) is 59.7 Å². The highest BCUT2D eigenvalue weighted by Crippen LogP contribution is 2.14. The SMILES string of the molecule is CN(CC(=O)N1CCC(c2ccccc2)=N1)Cc1cccc(F)c1. The van der Waals surface area contributed by atoms with Crippen LogP contribution in [0.25, 0.3) is 0 Å². The second-order valence-electron chi connectivity index (χ2n) is 5.98. The number of amides is 1. The van der Waals surface area contributed by atoms with Crippen molar-refractivity contribution in [3.63, 3.8) is 0 Å². The third-order valence-electron chi connectivity index (χ3n) is 3.94. The predicted octanol–water partition coefficient (Wildman–Crippen LogP) is 2.89. The zero-order chi connectivity index (χ0) is 16.9. The number of nitrogens with zero attached hydrogens (tertiary/aromatic N) is 3. The van der Waals surface area contributed by atoms with Gasteiger partial charge in [0.05, 0.1) is 18.8 Å². The molecule has 0 aromatic heterocycles. The topological polar surface area (TPSA) is 35.9 Å². The summed E-state index contributed by atoms with van der Waals surface area (Å²) in [5, 5.41) is 5.98. The van der Waals surface area contributed by atoms with Crippen LogP contribution in [0.2, 0.25) is 0 Å². The number of hydrazone groups is 1. The molecule has 2 aromatic rings. The second kappa shape index (κ2) is 7.36. The van der Waals surface area contributed by atoms with Crippen LogP contribution in [0.3, 0.4) is 0 Å². The van der Waals surface area contributed by atoms with Crippen LogP contribution in [-0.4, -0.2) is 41.7 Å². The Hall–Kier alpha value is -2.53. The van der Waals surface area contributed by atoms with E-state index < -0.39 is 0 Å². The van der Waals surface area contributed by atoms with Crippen LogP contribution >= 0.6 is 0 Å². The maximum Gasteiger partial charge on any atom is 0.256 e. The van der Waals surface area contributed by atoms with Crippen molar-refractivity contribution in [1.82, 2.24) is 9.91 Å². The van der Waals surface area contributed by atoms with Crippen LogP contribution in [-0.2, 0) is 11.3 Å². The molecule has 0 bridgehead atoms. The lowest BCUT2D eigenvalue weighted by Crippen LogP contribution is -2.34. The molecular weight excluding hydrogens is 305 g/mol. The first kappa shape index (κ1) is 16.3. The van der Waals surface area contributed by atoms with Crippen molar-refractivity contribution in [2.45, 2.75) is 13.0 Å². The first-order valence-corrected chi connectivity index (χ1v) is 7.98. The highest BCUT2D eigenvalue weighted by Gasteiger charge is 2.22. The lowest BCUT2D eigenvalue weighted by atomic mass is 10.1. The van der Waals surface area contributed by atoms with Gasteiger partial charge in [-0.2, -0.15) is 5.10 Å². The average molecular weight is 325 g/mol. The molecule has 0 atom stereocenters. The van der Waals surface area contributed by atoms with Crippen LogP contribution in [0, 0.1) is 5.82 Å². The van der Waals surface area contributed by atoms with Gasteiger partial charge in [0.1, 0.15) is 5.82 Å². The van der Waals surface area contributed by atoms with Gasteiger partial charge in [-0.15, -0.1) is 0 Å². The summed E-state index contributed by atoms with van der Waals surface area (Å²) >= 11 is 0. The fourth-order valence-corrected chi connectivity index (χ4v) is 2.79. The minimum Gasteiger partial charge on any atom is -0.293 e. The number of benzene rings is 2. The smallest absolute Gasteiger partial charge is 0.256 e. The zero-order valence-electron chi connectivity index (χ0n) is 13.7. The van der Waals surface area contributed by atoms with Gasteiger partial charge in [-0.25, -0.2) is 9.40 Å². The molecule has 24 heavy (non-hydrogen) atoms. The third-order valence-corrected chi connectivity index (χ3v) is 3.94. The van der Waals surface area contributed by atoms with E-state index in [4.69, 9.17) is 0 Å². The van der Waals surface area contributed by atoms with Crippen molar-refractivity contribution in [3.05, 3.63) is 71.5 Å². The highest BCUT2D eigenvalue weighted by atomic mass is 19.1. The Morgan fingerprint density at radius 3 is 2.75 bits per heavy atom. The molecule has 0 N–H and O–H groups in total. The van der Waals surface area contributed by atoms with Crippen molar-refractivity contribution in [2.75, 3.05) is 20.1 Å². The number of hydrogen-bond donors (Lipinski definition) is 0. The molecule has 0 fully saturated rings. The molecule has 4 nitrogen and oxygen atoms in total. The zero-order valence-corrected chi connectivity index (χ0v) is 13.7. The second-order valence-corrected chi connectivity index (χ2v) is 5.98. The molecule has 1 aliphatic heterocycles. The van der Waals surface area contributed by atoms with E-state index in [9.17, 15) is 9.18 Å². The normalized spacial score (nSPS) is 14.1. The van der Waals surface area contributed by atoms with Crippen LogP contribution in [0.1, 0.15) is 17.5 Å². The molecule has 0 saturated carbocycles. The van der Waals surface area contributed by atoms with Crippen molar-refractivity contribution in [2.24, 2.45) is 5.10 Å². The van der Waals surface area contributed by atoms with E-state index in [1.54, 1.807) is 6.07 Å². The third kappa shape index (κ3) is 4.06. The fraction of sp³-hybridized carbons (Fsp3) is 0.263. The van der Waals surface area contributed by atoms with Crippen LogP contribution < -0.4 is 0 Å². The maximum atomic E-state index is 13.2. The molecule has 124 valence electrons. The molecule has 1 amide bonds. The first-order chi connectivity index (χ1) is 11.6. The van der Waals surface area contributed by atoms with Crippen molar-refractivity contribution < 1.29 is 9.18 Å². The lowest BCUT2D eigenvalue weighted by Gasteiger charge is -2.19. The molecular formula is C19H20FN3O. The van der Waals surface area contributed by atoms with Gasteiger partial charge in [0.25, 0.3) is 5.91 Å². The Balaban J connectivity index is 1.58. The standard InChI is InChI=1S/C19H20FN3O/c1-22(13-15-6-5-9-17(20)12-15)14-19(24)23-11-10-18(21-23)16-7-3-2-4-8-16/h2-9,12H,10-11,13-14H2,1H3. The fourth-order valence-electron chi connectivity index (χ4n) is 2.79. The summed E-state index contributed by atoms with van der Waals surface area (Å²) in [6.45, 7) is 1.38. The number of rotatable bonds is 5. The average Bonchev–Trinajstić information content (AvgIpc) is 3.05. The van der Waals surface area contributed by atoms with Gasteiger partial charge in [-0.1, -0.05) is 42.5 Å². The van der Waals surface area contributed by atoms with Gasteiger partial charge >= 0.3 is 0 Å². The van der Waals surface area contributed by atoms with Gasteiger partial charge < -0.3 is 0 Å². The van der Waals surface area contributed by atoms with Crippen LogP contribution in [0.4, 0.5) is 4.39 Å². The number of halogens is 1. The lowest BCUT2D eigenvalue weighted by molar-refractivity contribution is -0.131. The summed E-state index contributed by atoms with van der Waals surface area (Å²) in [5.41, 5.74) is 2.85. The van der Waals surface area contributed by atoms with E-state index in [0.29, 0.717) is 13.1 Å². The molecule has 5 heteroatoms. The van der Waals surface area contributed by atoms with E-state index in [2.05, 4.69) is 5.10 Å². The van der Waals surface area contributed by atoms with Crippen LogP contribution in [0.5, 0.6) is 0 Å².